The van der Waals surface area contributed by atoms with Crippen molar-refractivity contribution >= 4 is 0 Å². The third-order valence-corrected chi connectivity index (χ3v) is 3.53. The number of aryl methyl sites for hydroxylation is 1. The predicted molar refractivity (Wildman–Crippen MR) is 80.9 cm³/mol. The maximum Gasteiger partial charge on any atom is 0.122 e. The quantitative estimate of drug-likeness (QED) is 0.815. The highest BCUT2D eigenvalue weighted by atomic mass is 16.5. The molecule has 0 radical (unpaired) electrons. The van der Waals surface area contributed by atoms with Gasteiger partial charge in [-0.15, -0.1) is 0 Å². The van der Waals surface area contributed by atoms with E-state index < -0.39 is 0 Å². The topological polar surface area (TPSA) is 33.0 Å². The summed E-state index contributed by atoms with van der Waals surface area (Å²) in [4.78, 5) is 0. The van der Waals surface area contributed by atoms with Crippen LogP contribution in [0, 0.1) is 11.3 Å². The molecule has 2 heteroatoms. The SMILES string of the molecule is CCc1ccc(OC)c(CC(C#N)c2ccccc2)c1. The summed E-state index contributed by atoms with van der Waals surface area (Å²) in [6.45, 7) is 2.13. The molecule has 0 amide bonds. The minimum Gasteiger partial charge on any atom is -0.496 e. The number of hydrogen-bond acceptors (Lipinski definition) is 2. The van der Waals surface area contributed by atoms with E-state index in [9.17, 15) is 5.26 Å². The van der Waals surface area contributed by atoms with Gasteiger partial charge in [-0.1, -0.05) is 49.4 Å². The average molecular weight is 265 g/mol. The molecule has 0 spiro atoms. The highest BCUT2D eigenvalue weighted by molar-refractivity contribution is 5.40. The van der Waals surface area contributed by atoms with Gasteiger partial charge in [-0.3, -0.25) is 0 Å². The molecule has 0 aliphatic rings. The van der Waals surface area contributed by atoms with E-state index >= 15 is 0 Å². The monoisotopic (exact) mass is 265 g/mol. The first-order valence-corrected chi connectivity index (χ1v) is 6.88. The number of rotatable bonds is 5. The fourth-order valence-corrected chi connectivity index (χ4v) is 2.35. The molecule has 1 unspecified atom stereocenters. The van der Waals surface area contributed by atoms with Crippen molar-refractivity contribution in [2.75, 3.05) is 7.11 Å². The van der Waals surface area contributed by atoms with Gasteiger partial charge in [0.25, 0.3) is 0 Å². The Morgan fingerprint density at radius 3 is 2.50 bits per heavy atom. The second kappa shape index (κ2) is 6.77. The summed E-state index contributed by atoms with van der Waals surface area (Å²) < 4.78 is 5.42. The third kappa shape index (κ3) is 3.19. The van der Waals surface area contributed by atoms with Crippen molar-refractivity contribution in [1.29, 1.82) is 5.26 Å². The van der Waals surface area contributed by atoms with Crippen LogP contribution in [-0.2, 0) is 12.8 Å². The number of nitriles is 1. The van der Waals surface area contributed by atoms with Crippen molar-refractivity contribution < 1.29 is 4.74 Å². The van der Waals surface area contributed by atoms with Crippen molar-refractivity contribution in [3.63, 3.8) is 0 Å². The molecular weight excluding hydrogens is 246 g/mol. The Bertz CT molecular complexity index is 599. The van der Waals surface area contributed by atoms with Gasteiger partial charge in [0.05, 0.1) is 19.1 Å². The first-order valence-electron chi connectivity index (χ1n) is 6.88. The average Bonchev–Trinajstić information content (AvgIpc) is 2.53. The zero-order valence-corrected chi connectivity index (χ0v) is 12.0. The van der Waals surface area contributed by atoms with Crippen molar-refractivity contribution in [2.45, 2.75) is 25.7 Å². The Labute approximate surface area is 120 Å². The Morgan fingerprint density at radius 2 is 1.90 bits per heavy atom. The van der Waals surface area contributed by atoms with Crippen molar-refractivity contribution in [2.24, 2.45) is 0 Å². The molecular formula is C18H19NO. The van der Waals surface area contributed by atoms with Crippen LogP contribution in [0.25, 0.3) is 0 Å². The van der Waals surface area contributed by atoms with Crippen molar-refractivity contribution in [1.82, 2.24) is 0 Å². The molecule has 0 aliphatic carbocycles. The predicted octanol–water partition coefficient (Wildman–Crippen LogP) is 4.11. The van der Waals surface area contributed by atoms with Gasteiger partial charge in [-0.25, -0.2) is 0 Å². The van der Waals surface area contributed by atoms with Gasteiger partial charge in [-0.05, 0) is 35.6 Å². The molecule has 2 rings (SSSR count). The van der Waals surface area contributed by atoms with Crippen LogP contribution in [0.1, 0.15) is 29.5 Å². The Morgan fingerprint density at radius 1 is 1.15 bits per heavy atom. The van der Waals surface area contributed by atoms with E-state index in [0.717, 1.165) is 23.3 Å². The first kappa shape index (κ1) is 14.1. The third-order valence-electron chi connectivity index (χ3n) is 3.53. The molecule has 1 atom stereocenters. The maximum absolute atomic E-state index is 9.44. The largest absolute Gasteiger partial charge is 0.496 e. The lowest BCUT2D eigenvalue weighted by Crippen LogP contribution is -2.03. The molecule has 0 heterocycles. The van der Waals surface area contributed by atoms with E-state index in [-0.39, 0.29) is 5.92 Å². The lowest BCUT2D eigenvalue weighted by atomic mass is 9.92. The van der Waals surface area contributed by atoms with Gasteiger partial charge in [-0.2, -0.15) is 5.26 Å². The van der Waals surface area contributed by atoms with Gasteiger partial charge in [0.1, 0.15) is 5.75 Å². The Balaban J connectivity index is 2.30. The Kier molecular flexibility index (Phi) is 4.79. The second-order valence-electron chi connectivity index (χ2n) is 4.80. The summed E-state index contributed by atoms with van der Waals surface area (Å²) >= 11 is 0. The summed E-state index contributed by atoms with van der Waals surface area (Å²) in [5.41, 5.74) is 3.42. The molecule has 2 aromatic carbocycles. The fraction of sp³-hybridized carbons (Fsp3) is 0.278. The van der Waals surface area contributed by atoms with Gasteiger partial charge in [0, 0.05) is 0 Å². The Hall–Kier alpha value is -2.27. The molecule has 0 saturated carbocycles. The molecule has 0 N–H and O–H groups in total. The second-order valence-corrected chi connectivity index (χ2v) is 4.80. The summed E-state index contributed by atoms with van der Waals surface area (Å²) in [6, 6.07) is 18.5. The van der Waals surface area contributed by atoms with E-state index in [4.69, 9.17) is 4.74 Å². The van der Waals surface area contributed by atoms with Crippen LogP contribution in [0.15, 0.2) is 48.5 Å². The van der Waals surface area contributed by atoms with Crippen molar-refractivity contribution in [3.05, 3.63) is 65.2 Å². The minimum atomic E-state index is -0.141. The molecule has 2 aromatic rings. The van der Waals surface area contributed by atoms with E-state index in [1.807, 2.05) is 36.4 Å². The van der Waals surface area contributed by atoms with Crippen LogP contribution in [0.5, 0.6) is 5.75 Å². The highest BCUT2D eigenvalue weighted by Crippen LogP contribution is 2.27. The van der Waals surface area contributed by atoms with E-state index in [2.05, 4.69) is 25.1 Å². The lowest BCUT2D eigenvalue weighted by molar-refractivity contribution is 0.409. The lowest BCUT2D eigenvalue weighted by Gasteiger charge is -2.14. The molecule has 0 aliphatic heterocycles. The first-order chi connectivity index (χ1) is 9.78. The zero-order chi connectivity index (χ0) is 14.4. The zero-order valence-electron chi connectivity index (χ0n) is 12.0. The van der Waals surface area contributed by atoms with E-state index in [0.29, 0.717) is 6.42 Å². The normalized spacial score (nSPS) is 11.7. The summed E-state index contributed by atoms with van der Waals surface area (Å²) in [6.07, 6.45) is 1.66. The highest BCUT2D eigenvalue weighted by Gasteiger charge is 2.14. The number of ether oxygens (including phenoxy) is 1. The summed E-state index contributed by atoms with van der Waals surface area (Å²) in [5.74, 6) is 0.718. The number of methoxy groups -OCH3 is 1. The fourth-order valence-electron chi connectivity index (χ4n) is 2.35. The molecule has 0 saturated heterocycles. The van der Waals surface area contributed by atoms with Gasteiger partial charge >= 0.3 is 0 Å². The molecule has 0 bridgehead atoms. The van der Waals surface area contributed by atoms with Gasteiger partial charge < -0.3 is 4.74 Å². The van der Waals surface area contributed by atoms with Crippen LogP contribution in [-0.4, -0.2) is 7.11 Å². The molecule has 0 fully saturated rings. The number of benzene rings is 2. The molecule has 102 valence electrons. The summed E-state index contributed by atoms with van der Waals surface area (Å²) in [5, 5.41) is 9.44. The smallest absolute Gasteiger partial charge is 0.122 e. The van der Waals surface area contributed by atoms with Crippen LogP contribution < -0.4 is 4.74 Å². The van der Waals surface area contributed by atoms with Crippen LogP contribution >= 0.6 is 0 Å². The number of hydrogen-bond donors (Lipinski definition) is 0. The van der Waals surface area contributed by atoms with Crippen molar-refractivity contribution in [3.8, 4) is 11.8 Å². The van der Waals surface area contributed by atoms with Crippen LogP contribution in [0.4, 0.5) is 0 Å². The summed E-state index contributed by atoms with van der Waals surface area (Å²) in [7, 11) is 1.67. The number of nitrogens with zero attached hydrogens (tertiary/aromatic N) is 1. The van der Waals surface area contributed by atoms with Crippen LogP contribution in [0.3, 0.4) is 0 Å². The molecule has 0 aromatic heterocycles. The van der Waals surface area contributed by atoms with Gasteiger partial charge in [0.2, 0.25) is 0 Å². The van der Waals surface area contributed by atoms with E-state index in [1.165, 1.54) is 5.56 Å². The molecule has 2 nitrogen and oxygen atoms in total. The van der Waals surface area contributed by atoms with E-state index in [1.54, 1.807) is 7.11 Å². The van der Waals surface area contributed by atoms with Crippen LogP contribution in [0.2, 0.25) is 0 Å². The minimum absolute atomic E-state index is 0.141. The maximum atomic E-state index is 9.44. The molecule has 20 heavy (non-hydrogen) atoms. The van der Waals surface area contributed by atoms with Gasteiger partial charge in [0.15, 0.2) is 0 Å². The standard InChI is InChI=1S/C18H19NO/c1-3-14-9-10-18(20-2)16(11-14)12-17(13-19)15-7-5-4-6-8-15/h4-11,17H,3,12H2,1-2H3.